The van der Waals surface area contributed by atoms with Crippen LogP contribution in [0.1, 0.15) is 30.0 Å². The summed E-state index contributed by atoms with van der Waals surface area (Å²) in [6.07, 6.45) is -2.44. The molecular weight excluding hydrogens is 257 g/mol. The van der Waals surface area contributed by atoms with E-state index in [0.717, 1.165) is 25.0 Å². The molecule has 1 aromatic heterocycles. The minimum Gasteiger partial charge on any atom is -0.381 e. The number of nitrogens with two attached hydrogens (primary N) is 1. The van der Waals surface area contributed by atoms with Crippen molar-refractivity contribution >= 4 is 5.82 Å². The van der Waals surface area contributed by atoms with Crippen molar-refractivity contribution in [2.24, 2.45) is 0 Å². The summed E-state index contributed by atoms with van der Waals surface area (Å²) in [6, 6.07) is 5.00. The SMILES string of the molecule is Nc1nnn(-c2cccc(C(F)(F)F)c2)c1C1CC1. The molecule has 0 amide bonds. The summed E-state index contributed by atoms with van der Waals surface area (Å²) in [5.74, 6) is 0.546. The van der Waals surface area contributed by atoms with Gasteiger partial charge in [-0.15, -0.1) is 5.10 Å². The highest BCUT2D eigenvalue weighted by Gasteiger charge is 2.33. The lowest BCUT2D eigenvalue weighted by Crippen LogP contribution is -2.08. The molecule has 0 saturated heterocycles. The minimum absolute atomic E-state index is 0.254. The van der Waals surface area contributed by atoms with Gasteiger partial charge in [-0.1, -0.05) is 11.3 Å². The second-order valence-corrected chi connectivity index (χ2v) is 4.59. The number of nitrogen functional groups attached to an aromatic ring is 1. The molecule has 1 saturated carbocycles. The van der Waals surface area contributed by atoms with E-state index in [1.165, 1.54) is 10.7 Å². The fraction of sp³-hybridized carbons (Fsp3) is 0.333. The Labute approximate surface area is 107 Å². The van der Waals surface area contributed by atoms with Crippen molar-refractivity contribution in [2.75, 3.05) is 5.73 Å². The smallest absolute Gasteiger partial charge is 0.381 e. The van der Waals surface area contributed by atoms with E-state index in [1.54, 1.807) is 6.07 Å². The highest BCUT2D eigenvalue weighted by Crippen LogP contribution is 2.43. The molecular formula is C12H11F3N4. The Balaban J connectivity index is 2.07. The quantitative estimate of drug-likeness (QED) is 0.911. The first-order valence-corrected chi connectivity index (χ1v) is 5.85. The molecule has 0 unspecified atom stereocenters. The van der Waals surface area contributed by atoms with Gasteiger partial charge in [0.15, 0.2) is 5.82 Å². The third-order valence-electron chi connectivity index (χ3n) is 3.11. The molecule has 2 N–H and O–H groups in total. The summed E-state index contributed by atoms with van der Waals surface area (Å²) in [7, 11) is 0. The molecule has 0 atom stereocenters. The number of anilines is 1. The molecule has 3 rings (SSSR count). The maximum atomic E-state index is 12.7. The molecule has 0 radical (unpaired) electrons. The van der Waals surface area contributed by atoms with Crippen LogP contribution in [0.25, 0.3) is 5.69 Å². The summed E-state index contributed by atoms with van der Waals surface area (Å²) < 4.78 is 39.5. The fourth-order valence-electron chi connectivity index (χ4n) is 2.04. The van der Waals surface area contributed by atoms with Crippen molar-refractivity contribution in [3.05, 3.63) is 35.5 Å². The molecule has 1 aliphatic carbocycles. The largest absolute Gasteiger partial charge is 0.416 e. The van der Waals surface area contributed by atoms with Gasteiger partial charge in [-0.3, -0.25) is 0 Å². The second kappa shape index (κ2) is 3.97. The predicted octanol–water partition coefficient (Wildman–Crippen LogP) is 2.75. The van der Waals surface area contributed by atoms with Crippen LogP contribution in [0.2, 0.25) is 0 Å². The average molecular weight is 268 g/mol. The Morgan fingerprint density at radius 1 is 1.26 bits per heavy atom. The molecule has 0 aliphatic heterocycles. The van der Waals surface area contributed by atoms with Crippen LogP contribution in [0, 0.1) is 0 Å². The maximum absolute atomic E-state index is 12.7. The molecule has 19 heavy (non-hydrogen) atoms. The highest BCUT2D eigenvalue weighted by atomic mass is 19.4. The summed E-state index contributed by atoms with van der Waals surface area (Å²) in [5.41, 5.74) is 6.06. The monoisotopic (exact) mass is 268 g/mol. The fourth-order valence-corrected chi connectivity index (χ4v) is 2.04. The summed E-state index contributed by atoms with van der Waals surface area (Å²) in [6.45, 7) is 0. The van der Waals surface area contributed by atoms with Crippen LogP contribution in [0.3, 0.4) is 0 Å². The minimum atomic E-state index is -4.37. The van der Waals surface area contributed by atoms with E-state index >= 15 is 0 Å². The van der Waals surface area contributed by atoms with E-state index < -0.39 is 11.7 Å². The molecule has 2 aromatic rings. The number of alkyl halides is 3. The number of rotatable bonds is 2. The molecule has 100 valence electrons. The molecule has 0 bridgehead atoms. The summed E-state index contributed by atoms with van der Waals surface area (Å²) >= 11 is 0. The van der Waals surface area contributed by atoms with E-state index in [0.29, 0.717) is 17.2 Å². The van der Waals surface area contributed by atoms with Crippen LogP contribution in [-0.4, -0.2) is 15.0 Å². The summed E-state index contributed by atoms with van der Waals surface area (Å²) in [4.78, 5) is 0. The van der Waals surface area contributed by atoms with Crippen molar-refractivity contribution in [1.82, 2.24) is 15.0 Å². The molecule has 1 aliphatic rings. The van der Waals surface area contributed by atoms with Crippen LogP contribution >= 0.6 is 0 Å². The Morgan fingerprint density at radius 3 is 2.63 bits per heavy atom. The van der Waals surface area contributed by atoms with Crippen LogP contribution in [0.4, 0.5) is 19.0 Å². The third-order valence-corrected chi connectivity index (χ3v) is 3.11. The zero-order chi connectivity index (χ0) is 13.6. The number of nitrogens with zero attached hydrogens (tertiary/aromatic N) is 3. The first-order valence-electron chi connectivity index (χ1n) is 5.85. The van der Waals surface area contributed by atoms with E-state index in [9.17, 15) is 13.2 Å². The Bertz CT molecular complexity index is 614. The lowest BCUT2D eigenvalue weighted by Gasteiger charge is -2.10. The third kappa shape index (κ3) is 2.16. The van der Waals surface area contributed by atoms with Gasteiger partial charge in [0.05, 0.1) is 16.9 Å². The molecule has 0 spiro atoms. The van der Waals surface area contributed by atoms with Gasteiger partial charge in [0.1, 0.15) is 0 Å². The van der Waals surface area contributed by atoms with Crippen LogP contribution in [0.5, 0.6) is 0 Å². The Kier molecular flexibility index (Phi) is 2.51. The Morgan fingerprint density at radius 2 is 2.00 bits per heavy atom. The highest BCUT2D eigenvalue weighted by molar-refractivity contribution is 5.45. The lowest BCUT2D eigenvalue weighted by molar-refractivity contribution is -0.137. The van der Waals surface area contributed by atoms with Crippen molar-refractivity contribution in [1.29, 1.82) is 0 Å². The first-order chi connectivity index (χ1) is 8.97. The van der Waals surface area contributed by atoms with Gasteiger partial charge >= 0.3 is 6.18 Å². The van der Waals surface area contributed by atoms with Crippen LogP contribution < -0.4 is 5.73 Å². The topological polar surface area (TPSA) is 56.7 Å². The lowest BCUT2D eigenvalue weighted by atomic mass is 10.2. The van der Waals surface area contributed by atoms with Gasteiger partial charge < -0.3 is 5.73 Å². The van der Waals surface area contributed by atoms with Crippen molar-refractivity contribution in [3.63, 3.8) is 0 Å². The van der Waals surface area contributed by atoms with Gasteiger partial charge in [0.25, 0.3) is 0 Å². The zero-order valence-electron chi connectivity index (χ0n) is 9.85. The predicted molar refractivity (Wildman–Crippen MR) is 62.7 cm³/mol. The molecule has 1 aromatic carbocycles. The van der Waals surface area contributed by atoms with Gasteiger partial charge in [-0.25, -0.2) is 4.68 Å². The van der Waals surface area contributed by atoms with Crippen molar-refractivity contribution in [3.8, 4) is 5.69 Å². The van der Waals surface area contributed by atoms with Gasteiger partial charge in [-0.05, 0) is 31.0 Å². The standard InChI is InChI=1S/C12H11F3N4/c13-12(14,15)8-2-1-3-9(6-8)19-10(7-4-5-7)11(16)17-18-19/h1-3,6-7H,4-5,16H2. The van der Waals surface area contributed by atoms with Crippen molar-refractivity contribution < 1.29 is 13.2 Å². The summed E-state index contributed by atoms with van der Waals surface area (Å²) in [5, 5.41) is 7.60. The maximum Gasteiger partial charge on any atom is 0.416 e. The number of hydrogen-bond donors (Lipinski definition) is 1. The van der Waals surface area contributed by atoms with Gasteiger partial charge in [-0.2, -0.15) is 13.2 Å². The number of halogens is 3. The van der Waals surface area contributed by atoms with E-state index in [1.807, 2.05) is 0 Å². The second-order valence-electron chi connectivity index (χ2n) is 4.59. The number of hydrogen-bond acceptors (Lipinski definition) is 3. The van der Waals surface area contributed by atoms with Crippen LogP contribution in [-0.2, 0) is 6.18 Å². The van der Waals surface area contributed by atoms with E-state index in [4.69, 9.17) is 5.73 Å². The number of benzene rings is 1. The Hall–Kier alpha value is -2.05. The number of aromatic nitrogens is 3. The van der Waals surface area contributed by atoms with Gasteiger partial charge in [0.2, 0.25) is 0 Å². The molecule has 7 heteroatoms. The zero-order valence-corrected chi connectivity index (χ0v) is 9.85. The van der Waals surface area contributed by atoms with E-state index in [-0.39, 0.29) is 5.92 Å². The van der Waals surface area contributed by atoms with Gasteiger partial charge in [0, 0.05) is 5.92 Å². The normalized spacial score (nSPS) is 15.7. The van der Waals surface area contributed by atoms with Crippen LogP contribution in [0.15, 0.2) is 24.3 Å². The first kappa shape index (κ1) is 12.0. The molecule has 4 nitrogen and oxygen atoms in total. The average Bonchev–Trinajstić information content (AvgIpc) is 3.12. The van der Waals surface area contributed by atoms with E-state index in [2.05, 4.69) is 10.3 Å². The molecule has 1 fully saturated rings. The van der Waals surface area contributed by atoms with Crippen molar-refractivity contribution in [2.45, 2.75) is 24.9 Å². The molecule has 1 heterocycles.